The zero-order valence-corrected chi connectivity index (χ0v) is 12.0. The number of nitrogens with zero attached hydrogens (tertiary/aromatic N) is 1. The van der Waals surface area contributed by atoms with Crippen LogP contribution in [0, 0.1) is 5.82 Å². The van der Waals surface area contributed by atoms with Crippen molar-refractivity contribution in [3.8, 4) is 0 Å². The molecule has 1 heterocycles. The van der Waals surface area contributed by atoms with E-state index in [1.165, 1.54) is 23.5 Å². The second-order valence-corrected chi connectivity index (χ2v) is 6.57. The summed E-state index contributed by atoms with van der Waals surface area (Å²) >= 11 is 0. The summed E-state index contributed by atoms with van der Waals surface area (Å²) in [5.74, 6) is -0.972. The van der Waals surface area contributed by atoms with Crippen molar-refractivity contribution < 1.29 is 22.3 Å². The number of carbonyl (C=O) groups is 1. The van der Waals surface area contributed by atoms with E-state index in [0.717, 1.165) is 0 Å². The van der Waals surface area contributed by atoms with Gasteiger partial charge in [0.15, 0.2) is 0 Å². The number of ether oxygens (including phenoxy) is 1. The van der Waals surface area contributed by atoms with Gasteiger partial charge in [0.25, 0.3) is 0 Å². The average molecular weight is 301 g/mol. The smallest absolute Gasteiger partial charge is 0.305 e. The number of benzene rings is 1. The zero-order valence-electron chi connectivity index (χ0n) is 11.1. The van der Waals surface area contributed by atoms with Crippen LogP contribution in [0.15, 0.2) is 18.2 Å². The molecular formula is C13H16FNO4S. The third kappa shape index (κ3) is 2.92. The van der Waals surface area contributed by atoms with E-state index in [9.17, 15) is 17.6 Å². The summed E-state index contributed by atoms with van der Waals surface area (Å²) in [6.07, 6.45) is 0.619. The zero-order chi connectivity index (χ0) is 14.8. The Balaban J connectivity index is 2.09. The molecule has 7 heteroatoms. The molecule has 0 saturated heterocycles. The molecule has 0 N–H and O–H groups in total. The van der Waals surface area contributed by atoms with Gasteiger partial charge in [-0.2, -0.15) is 0 Å². The Morgan fingerprint density at radius 3 is 2.90 bits per heavy atom. The fourth-order valence-electron chi connectivity index (χ4n) is 2.26. The number of hydrogen-bond donors (Lipinski definition) is 0. The maximum absolute atomic E-state index is 13.6. The third-order valence-corrected chi connectivity index (χ3v) is 5.13. The first kappa shape index (κ1) is 14.8. The molecule has 0 bridgehead atoms. The average Bonchev–Trinajstić information content (AvgIpc) is 2.84. The van der Waals surface area contributed by atoms with Gasteiger partial charge in [-0.05, 0) is 25.0 Å². The highest BCUT2D eigenvalue weighted by molar-refractivity contribution is 7.92. The lowest BCUT2D eigenvalue weighted by Crippen LogP contribution is -2.31. The number of hydrogen-bond acceptors (Lipinski definition) is 4. The Labute approximate surface area is 117 Å². The number of sulfonamides is 1. The molecule has 0 saturated carbocycles. The fourth-order valence-corrected chi connectivity index (χ4v) is 3.83. The molecule has 0 atom stereocenters. The lowest BCUT2D eigenvalue weighted by Gasteiger charge is -2.19. The van der Waals surface area contributed by atoms with Crippen molar-refractivity contribution in [1.82, 2.24) is 0 Å². The molecule has 0 amide bonds. The van der Waals surface area contributed by atoms with Crippen LogP contribution in [-0.2, 0) is 26.0 Å². The van der Waals surface area contributed by atoms with Gasteiger partial charge in [0, 0.05) is 18.5 Å². The number of methoxy groups -OCH3 is 1. The highest BCUT2D eigenvalue weighted by Gasteiger charge is 2.30. The minimum Gasteiger partial charge on any atom is -0.469 e. The number of anilines is 1. The van der Waals surface area contributed by atoms with Gasteiger partial charge in [0.2, 0.25) is 10.0 Å². The van der Waals surface area contributed by atoms with Crippen LogP contribution in [0.4, 0.5) is 10.1 Å². The molecule has 0 aliphatic carbocycles. The Bertz CT molecular complexity index is 615. The summed E-state index contributed by atoms with van der Waals surface area (Å²) in [6.45, 7) is 0.247. The number of halogens is 1. The molecule has 2 rings (SSSR count). The number of esters is 1. The largest absolute Gasteiger partial charge is 0.469 e. The van der Waals surface area contributed by atoms with Gasteiger partial charge < -0.3 is 4.74 Å². The van der Waals surface area contributed by atoms with Crippen LogP contribution in [0.25, 0.3) is 0 Å². The molecule has 1 aliphatic heterocycles. The monoisotopic (exact) mass is 301 g/mol. The van der Waals surface area contributed by atoms with E-state index in [4.69, 9.17) is 0 Å². The second-order valence-electron chi connectivity index (χ2n) is 4.56. The van der Waals surface area contributed by atoms with Crippen LogP contribution < -0.4 is 4.31 Å². The fraction of sp³-hybridized carbons (Fsp3) is 0.462. The first-order chi connectivity index (χ1) is 9.45. The highest BCUT2D eigenvalue weighted by Crippen LogP contribution is 2.32. The predicted molar refractivity (Wildman–Crippen MR) is 72.5 cm³/mol. The van der Waals surface area contributed by atoms with Gasteiger partial charge in [0.1, 0.15) is 5.82 Å². The van der Waals surface area contributed by atoms with Crippen LogP contribution in [-0.4, -0.2) is 33.8 Å². The molecule has 1 aromatic carbocycles. The third-order valence-electron chi connectivity index (χ3n) is 3.27. The molecule has 110 valence electrons. The van der Waals surface area contributed by atoms with Gasteiger partial charge in [0.05, 0.1) is 18.6 Å². The topological polar surface area (TPSA) is 63.7 Å². The Hall–Kier alpha value is -1.63. The van der Waals surface area contributed by atoms with Gasteiger partial charge >= 0.3 is 5.97 Å². The Morgan fingerprint density at radius 2 is 2.20 bits per heavy atom. The minimum absolute atomic E-state index is 0.0551. The van der Waals surface area contributed by atoms with Crippen molar-refractivity contribution in [1.29, 1.82) is 0 Å². The van der Waals surface area contributed by atoms with E-state index in [0.29, 0.717) is 17.7 Å². The van der Waals surface area contributed by atoms with Crippen LogP contribution in [0.5, 0.6) is 0 Å². The first-order valence-electron chi connectivity index (χ1n) is 6.30. The van der Waals surface area contributed by atoms with Gasteiger partial charge in [-0.15, -0.1) is 0 Å². The van der Waals surface area contributed by atoms with E-state index < -0.39 is 16.0 Å². The van der Waals surface area contributed by atoms with Crippen LogP contribution in [0.1, 0.15) is 18.4 Å². The highest BCUT2D eigenvalue weighted by atomic mass is 32.2. The summed E-state index contributed by atoms with van der Waals surface area (Å²) in [5, 5.41) is 0. The molecule has 20 heavy (non-hydrogen) atoms. The van der Waals surface area contributed by atoms with Crippen LogP contribution in [0.2, 0.25) is 0 Å². The normalized spacial score (nSPS) is 14.2. The molecule has 0 unspecified atom stereocenters. The van der Waals surface area contributed by atoms with Crippen LogP contribution in [0.3, 0.4) is 0 Å². The molecule has 0 spiro atoms. The van der Waals surface area contributed by atoms with Gasteiger partial charge in [-0.25, -0.2) is 12.8 Å². The standard InChI is InChI=1S/C13H16FNO4S/c1-19-13(16)6-3-9-20(17,18)15-8-7-10-11(14)4-2-5-12(10)15/h2,4-5H,3,6-9H2,1H3. The van der Waals surface area contributed by atoms with Crippen molar-refractivity contribution in [2.75, 3.05) is 23.7 Å². The van der Waals surface area contributed by atoms with Crippen molar-refractivity contribution in [2.24, 2.45) is 0 Å². The summed E-state index contributed by atoms with van der Waals surface area (Å²) < 4.78 is 43.7. The molecule has 0 aromatic heterocycles. The quantitative estimate of drug-likeness (QED) is 0.773. The number of rotatable bonds is 5. The summed E-state index contributed by atoms with van der Waals surface area (Å²) in [5.41, 5.74) is 0.840. The second kappa shape index (κ2) is 5.78. The van der Waals surface area contributed by atoms with E-state index in [1.54, 1.807) is 6.07 Å². The molecule has 5 nitrogen and oxygen atoms in total. The first-order valence-corrected chi connectivity index (χ1v) is 7.91. The molecule has 0 fully saturated rings. The molecular weight excluding hydrogens is 285 g/mol. The lowest BCUT2D eigenvalue weighted by molar-refractivity contribution is -0.140. The summed E-state index contributed by atoms with van der Waals surface area (Å²) in [6, 6.07) is 4.42. The summed E-state index contributed by atoms with van der Waals surface area (Å²) in [4.78, 5) is 11.0. The van der Waals surface area contributed by atoms with Gasteiger partial charge in [-0.3, -0.25) is 9.10 Å². The van der Waals surface area contributed by atoms with Crippen molar-refractivity contribution in [2.45, 2.75) is 19.3 Å². The lowest BCUT2D eigenvalue weighted by atomic mass is 10.1. The minimum atomic E-state index is -3.54. The van der Waals surface area contributed by atoms with E-state index >= 15 is 0 Å². The van der Waals surface area contributed by atoms with E-state index in [1.807, 2.05) is 0 Å². The van der Waals surface area contributed by atoms with Crippen molar-refractivity contribution in [3.05, 3.63) is 29.6 Å². The molecule has 0 radical (unpaired) electrons. The summed E-state index contributed by atoms with van der Waals surface area (Å²) in [7, 11) is -2.27. The molecule has 1 aliphatic rings. The predicted octanol–water partition coefficient (Wildman–Crippen LogP) is 1.47. The molecule has 1 aromatic rings. The van der Waals surface area contributed by atoms with E-state index in [-0.39, 0.29) is 31.0 Å². The Morgan fingerprint density at radius 1 is 1.45 bits per heavy atom. The van der Waals surface area contributed by atoms with E-state index in [2.05, 4.69) is 4.74 Å². The van der Waals surface area contributed by atoms with Crippen molar-refractivity contribution >= 4 is 21.7 Å². The van der Waals surface area contributed by atoms with Crippen molar-refractivity contribution in [3.63, 3.8) is 0 Å². The number of fused-ring (bicyclic) bond motifs is 1. The number of carbonyl (C=O) groups excluding carboxylic acids is 1. The Kier molecular flexibility index (Phi) is 4.27. The maximum atomic E-state index is 13.6. The van der Waals surface area contributed by atoms with Gasteiger partial charge in [-0.1, -0.05) is 6.07 Å². The van der Waals surface area contributed by atoms with Crippen LogP contribution >= 0.6 is 0 Å². The SMILES string of the molecule is COC(=O)CCCS(=O)(=O)N1CCc2c(F)cccc21. The maximum Gasteiger partial charge on any atom is 0.305 e.